The molecule has 0 spiro atoms. The number of ether oxygens (including phenoxy) is 3. The molecule has 0 aromatic heterocycles. The van der Waals surface area contributed by atoms with Gasteiger partial charge in [-0.15, -0.1) is 24.0 Å². The molecule has 1 aliphatic heterocycles. The highest BCUT2D eigenvalue weighted by atomic mass is 127. The van der Waals surface area contributed by atoms with Crippen LogP contribution in [0.15, 0.2) is 29.3 Å². The van der Waals surface area contributed by atoms with Crippen molar-refractivity contribution in [1.29, 1.82) is 0 Å². The van der Waals surface area contributed by atoms with Crippen LogP contribution in [0, 0.1) is 5.92 Å². The number of nitrogens with one attached hydrogen (secondary N) is 2. The zero-order chi connectivity index (χ0) is 19.2. The van der Waals surface area contributed by atoms with E-state index >= 15 is 0 Å². The van der Waals surface area contributed by atoms with E-state index in [2.05, 4.69) is 28.6 Å². The van der Waals surface area contributed by atoms with Crippen LogP contribution in [-0.2, 0) is 16.0 Å². The van der Waals surface area contributed by atoms with Crippen LogP contribution < -0.4 is 15.4 Å². The predicted molar refractivity (Wildman–Crippen MR) is 125 cm³/mol. The van der Waals surface area contributed by atoms with Crippen molar-refractivity contribution in [1.82, 2.24) is 10.6 Å². The molecule has 2 N–H and O–H groups in total. The van der Waals surface area contributed by atoms with Crippen LogP contribution in [0.25, 0.3) is 0 Å². The van der Waals surface area contributed by atoms with Crippen molar-refractivity contribution in [3.05, 3.63) is 29.8 Å². The molecule has 1 aromatic rings. The highest BCUT2D eigenvalue weighted by molar-refractivity contribution is 14.0. The van der Waals surface area contributed by atoms with E-state index in [4.69, 9.17) is 14.2 Å². The van der Waals surface area contributed by atoms with Gasteiger partial charge in [-0.2, -0.15) is 0 Å². The van der Waals surface area contributed by atoms with E-state index in [1.54, 1.807) is 0 Å². The molecule has 2 rings (SSSR count). The van der Waals surface area contributed by atoms with Crippen LogP contribution in [0.4, 0.5) is 0 Å². The molecular weight excluding hydrogens is 469 g/mol. The average molecular weight is 505 g/mol. The van der Waals surface area contributed by atoms with Crippen LogP contribution in [0.3, 0.4) is 0 Å². The lowest BCUT2D eigenvalue weighted by Crippen LogP contribution is -2.38. The number of nitrogens with zero attached hydrogens (tertiary/aromatic N) is 1. The van der Waals surface area contributed by atoms with Gasteiger partial charge in [-0.25, -0.2) is 4.99 Å². The lowest BCUT2D eigenvalue weighted by molar-refractivity contribution is 0.0203. The minimum absolute atomic E-state index is 0. The molecule has 7 heteroatoms. The smallest absolute Gasteiger partial charge is 0.191 e. The SMILES string of the molecule is CCNC(=NCc1cccc(OCC)c1)NCCCOCC1CCOCC1.I. The summed E-state index contributed by atoms with van der Waals surface area (Å²) in [7, 11) is 0. The Morgan fingerprint density at radius 1 is 1.21 bits per heavy atom. The molecule has 1 aliphatic rings. The summed E-state index contributed by atoms with van der Waals surface area (Å²) >= 11 is 0. The van der Waals surface area contributed by atoms with Crippen LogP contribution in [0.2, 0.25) is 0 Å². The molecule has 1 heterocycles. The topological polar surface area (TPSA) is 64.1 Å². The second-order valence-corrected chi connectivity index (χ2v) is 6.69. The first-order chi connectivity index (χ1) is 13.3. The first-order valence-electron chi connectivity index (χ1n) is 10.2. The van der Waals surface area contributed by atoms with Gasteiger partial charge in [0.1, 0.15) is 5.75 Å². The molecule has 1 fully saturated rings. The van der Waals surface area contributed by atoms with Crippen molar-refractivity contribution in [3.8, 4) is 5.75 Å². The number of halogens is 1. The van der Waals surface area contributed by atoms with E-state index < -0.39 is 0 Å². The molecule has 1 saturated heterocycles. The molecule has 0 atom stereocenters. The number of aliphatic imine (C=N–C) groups is 1. The summed E-state index contributed by atoms with van der Waals surface area (Å²) in [5.41, 5.74) is 1.14. The van der Waals surface area contributed by atoms with Gasteiger partial charge in [0.2, 0.25) is 0 Å². The maximum atomic E-state index is 5.81. The molecule has 0 saturated carbocycles. The number of hydrogen-bond acceptors (Lipinski definition) is 4. The van der Waals surface area contributed by atoms with E-state index in [1.807, 2.05) is 25.1 Å². The predicted octanol–water partition coefficient (Wildman–Crippen LogP) is 3.59. The molecular formula is C21H36IN3O3. The third-order valence-electron chi connectivity index (χ3n) is 4.43. The van der Waals surface area contributed by atoms with Crippen LogP contribution in [0.5, 0.6) is 5.75 Å². The van der Waals surface area contributed by atoms with Gasteiger partial charge in [-0.05, 0) is 56.7 Å². The quantitative estimate of drug-likeness (QED) is 0.208. The van der Waals surface area contributed by atoms with Crippen molar-refractivity contribution < 1.29 is 14.2 Å². The normalized spacial score (nSPS) is 15.0. The van der Waals surface area contributed by atoms with Gasteiger partial charge in [-0.3, -0.25) is 0 Å². The summed E-state index contributed by atoms with van der Waals surface area (Å²) < 4.78 is 16.7. The Labute approximate surface area is 186 Å². The fourth-order valence-corrected chi connectivity index (χ4v) is 2.96. The van der Waals surface area contributed by atoms with Crippen molar-refractivity contribution in [2.24, 2.45) is 10.9 Å². The minimum Gasteiger partial charge on any atom is -0.494 e. The molecule has 0 aliphatic carbocycles. The van der Waals surface area contributed by atoms with Crippen molar-refractivity contribution >= 4 is 29.9 Å². The number of hydrogen-bond donors (Lipinski definition) is 2. The second kappa shape index (κ2) is 15.8. The summed E-state index contributed by atoms with van der Waals surface area (Å²) in [6.45, 7) is 10.4. The van der Waals surface area contributed by atoms with Crippen LogP contribution in [0.1, 0.15) is 38.7 Å². The van der Waals surface area contributed by atoms with Crippen molar-refractivity contribution in [2.75, 3.05) is 46.1 Å². The Morgan fingerprint density at radius 3 is 2.79 bits per heavy atom. The number of benzene rings is 1. The largest absolute Gasteiger partial charge is 0.494 e. The second-order valence-electron chi connectivity index (χ2n) is 6.69. The minimum atomic E-state index is 0. The first kappa shape index (κ1) is 25.0. The first-order valence-corrected chi connectivity index (χ1v) is 10.2. The molecule has 1 aromatic carbocycles. The fourth-order valence-electron chi connectivity index (χ4n) is 2.96. The lowest BCUT2D eigenvalue weighted by atomic mass is 10.0. The molecule has 0 amide bonds. The van der Waals surface area contributed by atoms with E-state index in [0.717, 1.165) is 76.1 Å². The van der Waals surface area contributed by atoms with Crippen molar-refractivity contribution in [3.63, 3.8) is 0 Å². The average Bonchev–Trinajstić information content (AvgIpc) is 2.70. The Hall–Kier alpha value is -1.06. The summed E-state index contributed by atoms with van der Waals surface area (Å²) in [6, 6.07) is 8.09. The maximum absolute atomic E-state index is 5.81. The zero-order valence-corrected chi connectivity index (χ0v) is 19.6. The summed E-state index contributed by atoms with van der Waals surface area (Å²) in [6.07, 6.45) is 3.22. The Morgan fingerprint density at radius 2 is 2.04 bits per heavy atom. The van der Waals surface area contributed by atoms with Gasteiger partial charge in [0.25, 0.3) is 0 Å². The van der Waals surface area contributed by atoms with E-state index in [-0.39, 0.29) is 24.0 Å². The molecule has 6 nitrogen and oxygen atoms in total. The standard InChI is InChI=1S/C21H35N3O3.HI/c1-3-22-21(24-16-19-7-5-8-20(15-19)27-4-2)23-11-6-12-26-17-18-9-13-25-14-10-18;/h5,7-8,15,18H,3-4,6,9-14,16-17H2,1-2H3,(H2,22,23,24);1H. The number of rotatable bonds is 11. The van der Waals surface area contributed by atoms with E-state index in [1.165, 1.54) is 0 Å². The van der Waals surface area contributed by atoms with E-state index in [0.29, 0.717) is 19.1 Å². The molecule has 0 radical (unpaired) electrons. The van der Waals surface area contributed by atoms with Gasteiger partial charge in [0.05, 0.1) is 13.2 Å². The third-order valence-corrected chi connectivity index (χ3v) is 4.43. The maximum Gasteiger partial charge on any atom is 0.191 e. The highest BCUT2D eigenvalue weighted by Gasteiger charge is 2.13. The lowest BCUT2D eigenvalue weighted by Gasteiger charge is -2.21. The van der Waals surface area contributed by atoms with Gasteiger partial charge >= 0.3 is 0 Å². The highest BCUT2D eigenvalue weighted by Crippen LogP contribution is 2.15. The van der Waals surface area contributed by atoms with Gasteiger partial charge in [0.15, 0.2) is 5.96 Å². The Bertz CT molecular complexity index is 551. The molecule has 0 bridgehead atoms. The van der Waals surface area contributed by atoms with Crippen LogP contribution >= 0.6 is 24.0 Å². The monoisotopic (exact) mass is 505 g/mol. The van der Waals surface area contributed by atoms with Crippen molar-refractivity contribution in [2.45, 2.75) is 39.7 Å². The van der Waals surface area contributed by atoms with E-state index in [9.17, 15) is 0 Å². The molecule has 28 heavy (non-hydrogen) atoms. The fraction of sp³-hybridized carbons (Fsp3) is 0.667. The summed E-state index contributed by atoms with van der Waals surface area (Å²) in [5, 5.41) is 6.66. The molecule has 0 unspecified atom stereocenters. The summed E-state index contributed by atoms with van der Waals surface area (Å²) in [5.74, 6) is 2.40. The van der Waals surface area contributed by atoms with Gasteiger partial charge in [0, 0.05) is 39.5 Å². The number of guanidine groups is 1. The Kier molecular flexibility index (Phi) is 14.1. The summed E-state index contributed by atoms with van der Waals surface area (Å²) in [4.78, 5) is 4.66. The van der Waals surface area contributed by atoms with Crippen LogP contribution in [-0.4, -0.2) is 52.1 Å². The third kappa shape index (κ3) is 10.5. The Balaban J connectivity index is 0.00000392. The van der Waals surface area contributed by atoms with Gasteiger partial charge < -0.3 is 24.8 Å². The van der Waals surface area contributed by atoms with Gasteiger partial charge in [-0.1, -0.05) is 12.1 Å². The molecule has 160 valence electrons. The zero-order valence-electron chi connectivity index (χ0n) is 17.2.